The Kier molecular flexibility index (Phi) is 2.22. The van der Waals surface area contributed by atoms with Crippen LogP contribution < -0.4 is 5.73 Å². The summed E-state index contributed by atoms with van der Waals surface area (Å²) in [4.78, 5) is 8.14. The number of hydrogen-bond donors (Lipinski definition) is 1. The summed E-state index contributed by atoms with van der Waals surface area (Å²) in [5, 5.41) is 9.41. The molecule has 0 aromatic carbocycles. The number of allylic oxidation sites excluding steroid dienone is 1. The minimum Gasteiger partial charge on any atom is -0.390 e. The van der Waals surface area contributed by atoms with Gasteiger partial charge in [0.1, 0.15) is 0 Å². The number of rotatable bonds is 1. The summed E-state index contributed by atoms with van der Waals surface area (Å²) in [6.07, 6.45) is -5.10. The van der Waals surface area contributed by atoms with Crippen molar-refractivity contribution >= 4 is 0 Å². The first-order valence-corrected chi connectivity index (χ1v) is 2.02. The second-order valence-electron chi connectivity index (χ2n) is 1.37. The van der Waals surface area contributed by atoms with Crippen LogP contribution in [0.25, 0.3) is 0 Å². The highest BCUT2D eigenvalue weighted by atomic mass is 19.4. The van der Waals surface area contributed by atoms with Crippen molar-refractivity contribution < 1.29 is 18.1 Å². The molecule has 0 fully saturated rings. The van der Waals surface area contributed by atoms with Crippen LogP contribution in [0.3, 0.4) is 0 Å². The van der Waals surface area contributed by atoms with Crippen LogP contribution >= 0.6 is 0 Å². The van der Waals surface area contributed by atoms with Crippen molar-refractivity contribution in [2.45, 2.75) is 6.18 Å². The predicted octanol–water partition coefficient (Wildman–Crippen LogP) is 0.626. The fraction of sp³-hybridized carbons (Fsp3) is 0.333. The molecular formula is C3H3F3N2O2. The molecular weight excluding hydrogens is 153 g/mol. The second kappa shape index (κ2) is 2.54. The summed E-state index contributed by atoms with van der Waals surface area (Å²) in [6, 6.07) is 0. The van der Waals surface area contributed by atoms with Gasteiger partial charge in [-0.15, -0.1) is 0 Å². The van der Waals surface area contributed by atoms with Crippen LogP contribution in [0.1, 0.15) is 0 Å². The van der Waals surface area contributed by atoms with E-state index < -0.39 is 16.8 Å². The quantitative estimate of drug-likeness (QED) is 0.447. The molecule has 0 radical (unpaired) electrons. The van der Waals surface area contributed by atoms with Gasteiger partial charge in [-0.1, -0.05) is 0 Å². The Morgan fingerprint density at radius 3 is 2.10 bits per heavy atom. The molecule has 0 aliphatic carbocycles. The van der Waals surface area contributed by atoms with Gasteiger partial charge in [0, 0.05) is 0 Å². The number of nitrogens with zero attached hydrogens (tertiary/aromatic N) is 1. The summed E-state index contributed by atoms with van der Waals surface area (Å²) >= 11 is 0. The minimum atomic E-state index is -4.81. The molecule has 0 aromatic rings. The van der Waals surface area contributed by atoms with Gasteiger partial charge in [0.05, 0.1) is 4.92 Å². The molecule has 0 aliphatic rings. The molecule has 0 heterocycles. The van der Waals surface area contributed by atoms with Crippen molar-refractivity contribution in [3.8, 4) is 0 Å². The lowest BCUT2D eigenvalue weighted by Gasteiger charge is -2.01. The Morgan fingerprint density at radius 2 is 2.00 bits per heavy atom. The van der Waals surface area contributed by atoms with Gasteiger partial charge in [-0.05, 0) is 0 Å². The first kappa shape index (κ1) is 8.73. The zero-order chi connectivity index (χ0) is 8.36. The SMILES string of the molecule is N/C(=C\[N+](=O)[O-])C(F)(F)F. The molecule has 58 valence electrons. The lowest BCUT2D eigenvalue weighted by molar-refractivity contribution is -0.405. The Balaban J connectivity index is 4.35. The third kappa shape index (κ3) is 2.90. The average Bonchev–Trinajstić information content (AvgIpc) is 1.60. The molecule has 0 rings (SSSR count). The molecule has 0 amide bonds. The molecule has 0 spiro atoms. The maximum absolute atomic E-state index is 11.3. The van der Waals surface area contributed by atoms with Crippen molar-refractivity contribution in [2.75, 3.05) is 0 Å². The third-order valence-electron chi connectivity index (χ3n) is 0.572. The van der Waals surface area contributed by atoms with E-state index in [1.807, 2.05) is 0 Å². The van der Waals surface area contributed by atoms with Crippen LogP contribution in [-0.2, 0) is 0 Å². The van der Waals surface area contributed by atoms with E-state index in [2.05, 4.69) is 5.73 Å². The molecule has 0 atom stereocenters. The van der Waals surface area contributed by atoms with Crippen molar-refractivity contribution in [3.63, 3.8) is 0 Å². The molecule has 2 N–H and O–H groups in total. The van der Waals surface area contributed by atoms with Crippen LogP contribution in [-0.4, -0.2) is 11.1 Å². The van der Waals surface area contributed by atoms with Crippen LogP contribution in [0, 0.1) is 10.1 Å². The number of nitrogens with two attached hydrogens (primary N) is 1. The standard InChI is InChI=1S/C3H3F3N2O2/c4-3(5,6)2(7)1-8(9)10/h1H,7H2/b2-1-. The molecule has 4 nitrogen and oxygen atoms in total. The van der Waals surface area contributed by atoms with Crippen LogP contribution in [0.15, 0.2) is 11.9 Å². The van der Waals surface area contributed by atoms with Crippen LogP contribution in [0.2, 0.25) is 0 Å². The van der Waals surface area contributed by atoms with Crippen molar-refractivity contribution in [3.05, 3.63) is 22.0 Å². The first-order valence-electron chi connectivity index (χ1n) is 2.02. The van der Waals surface area contributed by atoms with Gasteiger partial charge >= 0.3 is 6.18 Å². The molecule has 0 saturated heterocycles. The summed E-state index contributed by atoms with van der Waals surface area (Å²) in [7, 11) is 0. The Bertz CT molecular complexity index is 173. The number of hydrogen-bond acceptors (Lipinski definition) is 3. The highest BCUT2D eigenvalue weighted by molar-refractivity contribution is 4.98. The Labute approximate surface area is 53.3 Å². The van der Waals surface area contributed by atoms with Gasteiger partial charge in [0.2, 0.25) is 0 Å². The number of nitro groups is 1. The Hall–Kier alpha value is -1.27. The maximum atomic E-state index is 11.3. The van der Waals surface area contributed by atoms with E-state index in [0.29, 0.717) is 0 Å². The highest BCUT2D eigenvalue weighted by Crippen LogP contribution is 2.20. The maximum Gasteiger partial charge on any atom is 0.436 e. The van der Waals surface area contributed by atoms with E-state index in [1.165, 1.54) is 0 Å². The minimum absolute atomic E-state index is 0.292. The topological polar surface area (TPSA) is 69.2 Å². The van der Waals surface area contributed by atoms with E-state index in [1.54, 1.807) is 0 Å². The van der Waals surface area contributed by atoms with E-state index in [4.69, 9.17) is 0 Å². The average molecular weight is 156 g/mol. The van der Waals surface area contributed by atoms with E-state index in [0.717, 1.165) is 0 Å². The zero-order valence-corrected chi connectivity index (χ0v) is 4.55. The smallest absolute Gasteiger partial charge is 0.390 e. The van der Waals surface area contributed by atoms with Crippen LogP contribution in [0.4, 0.5) is 13.2 Å². The largest absolute Gasteiger partial charge is 0.436 e. The van der Waals surface area contributed by atoms with Crippen LogP contribution in [0.5, 0.6) is 0 Å². The van der Waals surface area contributed by atoms with Gasteiger partial charge in [-0.25, -0.2) is 0 Å². The van der Waals surface area contributed by atoms with Gasteiger partial charge in [-0.3, -0.25) is 10.1 Å². The summed E-state index contributed by atoms with van der Waals surface area (Å²) in [6.45, 7) is 0. The van der Waals surface area contributed by atoms with Crippen molar-refractivity contribution in [1.29, 1.82) is 0 Å². The highest BCUT2D eigenvalue weighted by Gasteiger charge is 2.34. The monoisotopic (exact) mass is 156 g/mol. The van der Waals surface area contributed by atoms with Gasteiger partial charge in [0.15, 0.2) is 5.70 Å². The lowest BCUT2D eigenvalue weighted by Crippen LogP contribution is -2.20. The van der Waals surface area contributed by atoms with E-state index in [9.17, 15) is 23.3 Å². The fourth-order valence-corrected chi connectivity index (χ4v) is 0.187. The molecule has 0 saturated carbocycles. The molecule has 0 unspecified atom stereocenters. The Morgan fingerprint density at radius 1 is 1.60 bits per heavy atom. The molecule has 0 aliphatic heterocycles. The summed E-state index contributed by atoms with van der Waals surface area (Å²) in [5.74, 6) is 0. The number of halogens is 3. The van der Waals surface area contributed by atoms with Gasteiger partial charge in [0.25, 0.3) is 6.20 Å². The zero-order valence-electron chi connectivity index (χ0n) is 4.55. The molecule has 10 heavy (non-hydrogen) atoms. The van der Waals surface area contributed by atoms with Gasteiger partial charge in [-0.2, -0.15) is 13.2 Å². The first-order chi connectivity index (χ1) is 4.34. The third-order valence-corrected chi connectivity index (χ3v) is 0.572. The summed E-state index contributed by atoms with van der Waals surface area (Å²) < 4.78 is 33.9. The van der Waals surface area contributed by atoms with E-state index in [-0.39, 0.29) is 6.20 Å². The lowest BCUT2D eigenvalue weighted by atomic mass is 10.5. The van der Waals surface area contributed by atoms with Crippen molar-refractivity contribution in [2.24, 2.45) is 5.73 Å². The normalized spacial score (nSPS) is 13.3. The molecule has 0 aromatic heterocycles. The number of alkyl halides is 3. The van der Waals surface area contributed by atoms with Crippen molar-refractivity contribution in [1.82, 2.24) is 0 Å². The van der Waals surface area contributed by atoms with Gasteiger partial charge < -0.3 is 5.73 Å². The predicted molar refractivity (Wildman–Crippen MR) is 25.3 cm³/mol. The summed E-state index contributed by atoms with van der Waals surface area (Å²) in [5.41, 5.74) is 2.54. The molecule has 0 bridgehead atoms. The molecule has 7 heteroatoms. The second-order valence-corrected chi connectivity index (χ2v) is 1.37. The van der Waals surface area contributed by atoms with E-state index >= 15 is 0 Å². The fourth-order valence-electron chi connectivity index (χ4n) is 0.187.